The lowest BCUT2D eigenvalue weighted by atomic mass is 9.76. The van der Waals surface area contributed by atoms with Gasteiger partial charge in [-0.05, 0) is 83.2 Å². The fraction of sp³-hybridized carbons (Fsp3) is 0.130. The summed E-state index contributed by atoms with van der Waals surface area (Å²) >= 11 is 1.95. The minimum atomic E-state index is 0.218. The Bertz CT molecular complexity index is 2540. The summed E-state index contributed by atoms with van der Waals surface area (Å²) in [6, 6.07) is 35.4. The summed E-state index contributed by atoms with van der Waals surface area (Å²) in [5.41, 5.74) is 9.87. The molecule has 0 bridgehead atoms. The summed E-state index contributed by atoms with van der Waals surface area (Å²) in [5, 5.41) is 4.05. The lowest BCUT2D eigenvalue weighted by Crippen LogP contribution is -2.30. The maximum atomic E-state index is 6.18. The van der Waals surface area contributed by atoms with Gasteiger partial charge in [-0.25, -0.2) is 0 Å². The molecule has 4 aliphatic carbocycles. The number of benzene rings is 4. The molecule has 49 heavy (non-hydrogen) atoms. The Morgan fingerprint density at radius 3 is 2.33 bits per heavy atom. The number of furan rings is 1. The first-order valence-electron chi connectivity index (χ1n) is 17.4. The summed E-state index contributed by atoms with van der Waals surface area (Å²) in [6.45, 7) is 0. The van der Waals surface area contributed by atoms with Crippen LogP contribution in [0.25, 0.3) is 50.4 Å². The van der Waals surface area contributed by atoms with E-state index in [-0.39, 0.29) is 6.04 Å². The Kier molecular flexibility index (Phi) is 6.80. The molecule has 4 aromatic carbocycles. The normalized spacial score (nSPS) is 20.5. The molecule has 4 aliphatic rings. The maximum absolute atomic E-state index is 6.18. The first kappa shape index (κ1) is 28.6. The van der Waals surface area contributed by atoms with Crippen LogP contribution in [0.5, 0.6) is 0 Å². The molecule has 236 valence electrons. The summed E-state index contributed by atoms with van der Waals surface area (Å²) in [5.74, 6) is 1.60. The van der Waals surface area contributed by atoms with Crippen LogP contribution in [-0.4, -0.2) is 6.04 Å². The monoisotopic (exact) mass is 649 g/mol. The van der Waals surface area contributed by atoms with Crippen LogP contribution in [0, 0.1) is 5.92 Å². The number of allylic oxidation sites excluding steroid dienone is 7. The van der Waals surface area contributed by atoms with Gasteiger partial charge in [0.2, 0.25) is 0 Å². The lowest BCUT2D eigenvalue weighted by molar-refractivity contribution is 0.578. The second-order valence-electron chi connectivity index (χ2n) is 13.4. The maximum Gasteiger partial charge on any atom is 0.135 e. The topological polar surface area (TPSA) is 16.4 Å². The van der Waals surface area contributed by atoms with Crippen LogP contribution in [0.3, 0.4) is 0 Å². The second kappa shape index (κ2) is 11.6. The Hall–Kier alpha value is -5.38. The van der Waals surface area contributed by atoms with Crippen molar-refractivity contribution in [2.24, 2.45) is 5.92 Å². The third-order valence-corrected chi connectivity index (χ3v) is 11.8. The highest BCUT2D eigenvalue weighted by Crippen LogP contribution is 2.45. The van der Waals surface area contributed by atoms with Crippen LogP contribution in [0.1, 0.15) is 47.6 Å². The van der Waals surface area contributed by atoms with Crippen molar-refractivity contribution in [1.29, 1.82) is 0 Å². The average Bonchev–Trinajstić information content (AvgIpc) is 3.75. The predicted molar refractivity (Wildman–Crippen MR) is 208 cm³/mol. The van der Waals surface area contributed by atoms with Crippen molar-refractivity contribution in [3.05, 3.63) is 172 Å². The molecule has 2 heterocycles. The molecule has 0 saturated heterocycles. The summed E-state index contributed by atoms with van der Waals surface area (Å²) in [6.07, 6.45) is 26.8. The molecule has 6 aromatic rings. The number of para-hydroxylation sites is 2. The van der Waals surface area contributed by atoms with Crippen LogP contribution in [-0.2, 0) is 0 Å². The van der Waals surface area contributed by atoms with E-state index in [1.807, 2.05) is 17.4 Å². The number of nitrogens with zero attached hydrogens (tertiary/aromatic N) is 1. The van der Waals surface area contributed by atoms with Crippen molar-refractivity contribution in [3.8, 4) is 0 Å². The van der Waals surface area contributed by atoms with E-state index < -0.39 is 0 Å². The van der Waals surface area contributed by atoms with E-state index in [4.69, 9.17) is 4.42 Å². The van der Waals surface area contributed by atoms with E-state index in [2.05, 4.69) is 157 Å². The van der Waals surface area contributed by atoms with E-state index in [1.165, 1.54) is 64.4 Å². The van der Waals surface area contributed by atoms with Crippen molar-refractivity contribution >= 4 is 73.1 Å². The van der Waals surface area contributed by atoms with E-state index in [9.17, 15) is 0 Å². The van der Waals surface area contributed by atoms with E-state index in [0.717, 1.165) is 30.6 Å². The zero-order chi connectivity index (χ0) is 32.3. The van der Waals surface area contributed by atoms with Crippen molar-refractivity contribution in [3.63, 3.8) is 0 Å². The van der Waals surface area contributed by atoms with Gasteiger partial charge in [-0.2, -0.15) is 0 Å². The summed E-state index contributed by atoms with van der Waals surface area (Å²) in [7, 11) is 0. The van der Waals surface area contributed by atoms with Crippen molar-refractivity contribution in [1.82, 2.24) is 0 Å². The molecule has 2 aromatic heterocycles. The summed E-state index contributed by atoms with van der Waals surface area (Å²) in [4.78, 5) is 2.48. The number of hydrogen-bond acceptors (Lipinski definition) is 3. The summed E-state index contributed by atoms with van der Waals surface area (Å²) < 4.78 is 9.02. The first-order valence-corrected chi connectivity index (χ1v) is 18.3. The zero-order valence-corrected chi connectivity index (χ0v) is 27.9. The Morgan fingerprint density at radius 2 is 1.45 bits per heavy atom. The molecular formula is C46H35NOS. The molecule has 3 heteroatoms. The standard InChI is InChI=1S/C46H35NOS/c1-2-9-34(10-3-1)47(36-25-19-31(20-26-36)38-13-8-14-40-39-11-5-7-16-44(39)49-46(38)40)35-23-17-30(18-24-35)32-21-27-37-33(29-32)22-28-43-45(37)41-12-4-6-15-42(41)48-43/h1-4,6,8-25,27-29,33,36-37H,5,7,26H2. The molecule has 3 unspecified atom stereocenters. The number of fused-ring (bicyclic) bond motifs is 8. The fourth-order valence-electron chi connectivity index (χ4n) is 8.23. The smallest absolute Gasteiger partial charge is 0.135 e. The average molecular weight is 650 g/mol. The number of hydrogen-bond donors (Lipinski definition) is 0. The van der Waals surface area contributed by atoms with Crippen LogP contribution < -0.4 is 14.7 Å². The zero-order valence-electron chi connectivity index (χ0n) is 27.1. The molecule has 10 rings (SSSR count). The van der Waals surface area contributed by atoms with Gasteiger partial charge in [0.15, 0.2) is 0 Å². The lowest BCUT2D eigenvalue weighted by Gasteiger charge is -2.33. The molecule has 0 aliphatic heterocycles. The highest BCUT2D eigenvalue weighted by atomic mass is 32.1. The number of thiophene rings is 1. The Labute approximate surface area is 290 Å². The van der Waals surface area contributed by atoms with Crippen molar-refractivity contribution < 1.29 is 4.42 Å². The highest BCUT2D eigenvalue weighted by Gasteiger charge is 2.30. The quantitative estimate of drug-likeness (QED) is 0.185. The van der Waals surface area contributed by atoms with Crippen LogP contribution in [0.4, 0.5) is 11.4 Å². The van der Waals surface area contributed by atoms with Crippen LogP contribution in [0.2, 0.25) is 0 Å². The molecular weight excluding hydrogens is 615 g/mol. The van der Waals surface area contributed by atoms with Crippen molar-refractivity contribution in [2.45, 2.75) is 31.2 Å². The predicted octanol–water partition coefficient (Wildman–Crippen LogP) is 10.9. The van der Waals surface area contributed by atoms with Crippen molar-refractivity contribution in [2.75, 3.05) is 4.90 Å². The molecule has 0 radical (unpaired) electrons. The SMILES string of the molecule is C1=CC2c3c(oc4ccccc34)C=CC2C=C1c1ccc(N(c2ccccc2)C2C=CC(c3cccc4c5c(sc34)=CCCC=5)=CC2)cc1. The molecule has 0 amide bonds. The third kappa shape index (κ3) is 4.83. The van der Waals surface area contributed by atoms with Gasteiger partial charge in [0.05, 0.1) is 6.04 Å². The van der Waals surface area contributed by atoms with E-state index in [0.29, 0.717) is 11.8 Å². The largest absolute Gasteiger partial charge is 0.456 e. The van der Waals surface area contributed by atoms with Gasteiger partial charge in [-0.3, -0.25) is 0 Å². The van der Waals surface area contributed by atoms with Gasteiger partial charge >= 0.3 is 0 Å². The van der Waals surface area contributed by atoms with E-state index in [1.54, 1.807) is 0 Å². The Balaban J connectivity index is 0.937. The molecule has 0 N–H and O–H groups in total. The van der Waals surface area contributed by atoms with Gasteiger partial charge < -0.3 is 9.32 Å². The van der Waals surface area contributed by atoms with Crippen LogP contribution >= 0.6 is 11.3 Å². The number of anilines is 2. The Morgan fingerprint density at radius 1 is 0.653 bits per heavy atom. The minimum Gasteiger partial charge on any atom is -0.456 e. The molecule has 3 atom stereocenters. The minimum absolute atomic E-state index is 0.218. The van der Waals surface area contributed by atoms with Gasteiger partial charge in [-0.15, -0.1) is 11.3 Å². The van der Waals surface area contributed by atoms with Gasteiger partial charge in [0.1, 0.15) is 11.3 Å². The van der Waals surface area contributed by atoms with E-state index >= 15 is 0 Å². The molecule has 2 nitrogen and oxygen atoms in total. The second-order valence-corrected chi connectivity index (χ2v) is 14.5. The van der Waals surface area contributed by atoms with Gasteiger partial charge in [0.25, 0.3) is 0 Å². The van der Waals surface area contributed by atoms with Crippen LogP contribution in [0.15, 0.2) is 144 Å². The number of rotatable bonds is 5. The highest BCUT2D eigenvalue weighted by molar-refractivity contribution is 7.17. The van der Waals surface area contributed by atoms with Gasteiger partial charge in [-0.1, -0.05) is 121 Å². The fourth-order valence-corrected chi connectivity index (χ4v) is 9.54. The van der Waals surface area contributed by atoms with Gasteiger partial charge in [0, 0.05) is 48.8 Å². The first-order chi connectivity index (χ1) is 24.3. The molecule has 0 saturated carbocycles. The third-order valence-electron chi connectivity index (χ3n) is 10.6. The molecule has 0 fully saturated rings. The molecule has 0 spiro atoms.